The molecule has 0 aromatic carbocycles. The molecule has 1 unspecified atom stereocenters. The molecule has 1 N–H and O–H groups in total. The molecule has 0 aliphatic carbocycles. The molecule has 2 heterocycles. The first-order chi connectivity index (χ1) is 9.69. The zero-order valence-electron chi connectivity index (χ0n) is 11.6. The van der Waals surface area contributed by atoms with Crippen LogP contribution in [0.25, 0.3) is 0 Å². The lowest BCUT2D eigenvalue weighted by Crippen LogP contribution is -2.36. The van der Waals surface area contributed by atoms with Gasteiger partial charge in [0.15, 0.2) is 5.13 Å². The number of hydrogen-bond acceptors (Lipinski definition) is 5. The third-order valence-corrected chi connectivity index (χ3v) is 4.42. The Labute approximate surface area is 128 Å². The maximum atomic E-state index is 11.4. The van der Waals surface area contributed by atoms with Crippen molar-refractivity contribution in [2.45, 2.75) is 38.8 Å². The van der Waals surface area contributed by atoms with Gasteiger partial charge in [-0.2, -0.15) is 0 Å². The van der Waals surface area contributed by atoms with Crippen LogP contribution >= 0.6 is 22.9 Å². The van der Waals surface area contributed by atoms with Crippen LogP contribution in [-0.4, -0.2) is 41.1 Å². The Morgan fingerprint density at radius 2 is 2.50 bits per heavy atom. The Morgan fingerprint density at radius 1 is 1.65 bits per heavy atom. The number of amides is 1. The molecule has 1 aromatic rings. The number of piperidine rings is 1. The van der Waals surface area contributed by atoms with Crippen LogP contribution in [0, 0.1) is 0 Å². The summed E-state index contributed by atoms with van der Waals surface area (Å²) < 4.78 is 4.85. The first-order valence-electron chi connectivity index (χ1n) is 6.87. The lowest BCUT2D eigenvalue weighted by atomic mass is 10.0. The van der Waals surface area contributed by atoms with Crippen molar-refractivity contribution in [3.8, 4) is 0 Å². The van der Waals surface area contributed by atoms with Crippen molar-refractivity contribution in [2.24, 2.45) is 0 Å². The number of alkyl halides is 1. The molecule has 0 bridgehead atoms. The van der Waals surface area contributed by atoms with Crippen LogP contribution in [0.4, 0.5) is 9.93 Å². The van der Waals surface area contributed by atoms with Crippen LogP contribution in [0.1, 0.15) is 31.1 Å². The molecular formula is C13H20ClN3O2S. The highest BCUT2D eigenvalue weighted by Crippen LogP contribution is 2.24. The number of hydrogen-bond donors (Lipinski definition) is 1. The van der Waals surface area contributed by atoms with Crippen molar-refractivity contribution in [2.75, 3.05) is 24.3 Å². The predicted octanol–water partition coefficient (Wildman–Crippen LogP) is 3.30. The van der Waals surface area contributed by atoms with Crippen LogP contribution in [0.15, 0.2) is 6.20 Å². The highest BCUT2D eigenvalue weighted by Gasteiger charge is 2.19. The average Bonchev–Trinajstić information content (AvgIpc) is 2.86. The van der Waals surface area contributed by atoms with E-state index in [1.807, 2.05) is 6.20 Å². The van der Waals surface area contributed by atoms with E-state index in [-0.39, 0.29) is 6.61 Å². The van der Waals surface area contributed by atoms with Gasteiger partial charge < -0.3 is 4.74 Å². The first kappa shape index (κ1) is 15.5. The number of carbonyl (C=O) groups excluding carboxylic acids is 1. The van der Waals surface area contributed by atoms with E-state index in [0.29, 0.717) is 17.1 Å². The van der Waals surface area contributed by atoms with Gasteiger partial charge in [0.2, 0.25) is 0 Å². The number of carbonyl (C=O) groups is 1. The number of halogens is 1. The largest absolute Gasteiger partial charge is 0.448 e. The molecule has 0 spiro atoms. The normalized spacial score (nSPS) is 19.8. The second-order valence-corrected chi connectivity index (χ2v) is 6.39. The molecular weight excluding hydrogens is 298 g/mol. The number of thiazole rings is 1. The fourth-order valence-corrected chi connectivity index (χ4v) is 3.19. The van der Waals surface area contributed by atoms with Crippen molar-refractivity contribution >= 4 is 34.2 Å². The van der Waals surface area contributed by atoms with Gasteiger partial charge in [0, 0.05) is 23.7 Å². The van der Waals surface area contributed by atoms with Gasteiger partial charge in [-0.3, -0.25) is 10.2 Å². The number of anilines is 1. The Hall–Kier alpha value is -0.850. The quantitative estimate of drug-likeness (QED) is 0.847. The third-order valence-electron chi connectivity index (χ3n) is 3.37. The lowest BCUT2D eigenvalue weighted by Gasteiger charge is -2.32. The molecule has 1 aromatic heterocycles. The van der Waals surface area contributed by atoms with Crippen molar-refractivity contribution in [3.63, 3.8) is 0 Å². The molecule has 112 valence electrons. The summed E-state index contributed by atoms with van der Waals surface area (Å²) in [5, 5.41) is 3.19. The number of aromatic nitrogens is 1. The maximum Gasteiger partial charge on any atom is 0.413 e. The SMILES string of the molecule is CC1CCCCN1Cc1cnc(NC(=O)OCCCl)s1. The van der Waals surface area contributed by atoms with Gasteiger partial charge in [-0.1, -0.05) is 6.42 Å². The van der Waals surface area contributed by atoms with E-state index in [9.17, 15) is 4.79 Å². The van der Waals surface area contributed by atoms with Crippen LogP contribution in [0.2, 0.25) is 0 Å². The van der Waals surface area contributed by atoms with E-state index >= 15 is 0 Å². The summed E-state index contributed by atoms with van der Waals surface area (Å²) in [6, 6.07) is 0.621. The van der Waals surface area contributed by atoms with Crippen molar-refractivity contribution in [1.82, 2.24) is 9.88 Å². The summed E-state index contributed by atoms with van der Waals surface area (Å²) in [5.74, 6) is 0.295. The fraction of sp³-hybridized carbons (Fsp3) is 0.692. The highest BCUT2D eigenvalue weighted by atomic mass is 35.5. The summed E-state index contributed by atoms with van der Waals surface area (Å²) in [4.78, 5) is 19.2. The molecule has 0 radical (unpaired) electrons. The summed E-state index contributed by atoms with van der Waals surface area (Å²) in [6.07, 6.45) is 5.16. The molecule has 1 fully saturated rings. The number of ether oxygens (including phenoxy) is 1. The molecule has 0 saturated carbocycles. The van der Waals surface area contributed by atoms with E-state index in [1.54, 1.807) is 0 Å². The van der Waals surface area contributed by atoms with E-state index in [4.69, 9.17) is 16.3 Å². The molecule has 20 heavy (non-hydrogen) atoms. The average molecular weight is 318 g/mol. The summed E-state index contributed by atoms with van der Waals surface area (Å²) in [6.45, 7) is 4.51. The zero-order valence-corrected chi connectivity index (χ0v) is 13.2. The zero-order chi connectivity index (χ0) is 14.4. The molecule has 1 aliphatic heterocycles. The molecule has 1 atom stereocenters. The first-order valence-corrected chi connectivity index (χ1v) is 8.22. The number of nitrogens with zero attached hydrogens (tertiary/aromatic N) is 2. The van der Waals surface area contributed by atoms with Gasteiger partial charge in [0.05, 0.1) is 5.88 Å². The minimum absolute atomic E-state index is 0.205. The highest BCUT2D eigenvalue weighted by molar-refractivity contribution is 7.15. The van der Waals surface area contributed by atoms with Crippen LogP contribution in [0.5, 0.6) is 0 Å². The van der Waals surface area contributed by atoms with Gasteiger partial charge in [0.1, 0.15) is 6.61 Å². The van der Waals surface area contributed by atoms with Crippen LogP contribution in [-0.2, 0) is 11.3 Å². The number of likely N-dealkylation sites (tertiary alicyclic amines) is 1. The summed E-state index contributed by atoms with van der Waals surface area (Å²) in [5.41, 5.74) is 0. The standard InChI is InChI=1S/C13H20ClN3O2S/c1-10-4-2-3-6-17(10)9-11-8-15-12(20-11)16-13(18)19-7-5-14/h8,10H,2-7,9H2,1H3,(H,15,16,18). The molecule has 1 aliphatic rings. The van der Waals surface area contributed by atoms with Gasteiger partial charge in [-0.05, 0) is 26.3 Å². The van der Waals surface area contributed by atoms with Gasteiger partial charge in [0.25, 0.3) is 0 Å². The molecule has 5 nitrogen and oxygen atoms in total. The summed E-state index contributed by atoms with van der Waals surface area (Å²) >= 11 is 6.94. The van der Waals surface area contributed by atoms with E-state index in [2.05, 4.69) is 22.1 Å². The molecule has 7 heteroatoms. The fourth-order valence-electron chi connectivity index (χ4n) is 2.29. The minimum Gasteiger partial charge on any atom is -0.448 e. The van der Waals surface area contributed by atoms with Crippen molar-refractivity contribution in [1.29, 1.82) is 0 Å². The molecule has 1 amide bonds. The van der Waals surface area contributed by atoms with E-state index in [0.717, 1.165) is 18.0 Å². The predicted molar refractivity (Wildman–Crippen MR) is 81.5 cm³/mol. The van der Waals surface area contributed by atoms with Crippen molar-refractivity contribution < 1.29 is 9.53 Å². The Kier molecular flexibility index (Phi) is 6.06. The Bertz CT molecular complexity index is 441. The van der Waals surface area contributed by atoms with Crippen LogP contribution < -0.4 is 5.32 Å². The lowest BCUT2D eigenvalue weighted by molar-refractivity contribution is 0.154. The Morgan fingerprint density at radius 3 is 3.25 bits per heavy atom. The van der Waals surface area contributed by atoms with E-state index < -0.39 is 6.09 Å². The minimum atomic E-state index is -0.502. The Balaban J connectivity index is 1.83. The van der Waals surface area contributed by atoms with Crippen LogP contribution in [0.3, 0.4) is 0 Å². The maximum absolute atomic E-state index is 11.4. The van der Waals surface area contributed by atoms with Gasteiger partial charge in [-0.15, -0.1) is 22.9 Å². The number of rotatable bonds is 5. The number of nitrogens with one attached hydrogen (secondary N) is 1. The monoisotopic (exact) mass is 317 g/mol. The van der Waals surface area contributed by atoms with Gasteiger partial charge in [-0.25, -0.2) is 9.78 Å². The van der Waals surface area contributed by atoms with E-state index in [1.165, 1.54) is 30.6 Å². The smallest absolute Gasteiger partial charge is 0.413 e. The summed E-state index contributed by atoms with van der Waals surface area (Å²) in [7, 11) is 0. The topological polar surface area (TPSA) is 54.5 Å². The second-order valence-electron chi connectivity index (χ2n) is 4.90. The molecule has 1 saturated heterocycles. The van der Waals surface area contributed by atoms with Gasteiger partial charge >= 0.3 is 6.09 Å². The van der Waals surface area contributed by atoms with Crippen molar-refractivity contribution in [3.05, 3.63) is 11.1 Å². The second kappa shape index (κ2) is 7.81. The molecule has 2 rings (SSSR count). The third kappa shape index (κ3) is 4.61.